The Kier molecular flexibility index (Phi) is 3.15. The molecule has 0 aliphatic heterocycles. The third-order valence-corrected chi connectivity index (χ3v) is 4.32. The second kappa shape index (κ2) is 5.30. The van der Waals surface area contributed by atoms with E-state index in [4.69, 9.17) is 0 Å². The van der Waals surface area contributed by atoms with Crippen LogP contribution in [-0.4, -0.2) is 10.4 Å². The predicted octanol–water partition coefficient (Wildman–Crippen LogP) is 4.66. The molecule has 1 aliphatic carbocycles. The van der Waals surface area contributed by atoms with E-state index in [0.717, 1.165) is 40.9 Å². The molecule has 0 saturated heterocycles. The number of carbonyl (C=O) groups excluding carboxylic acids is 1. The first-order valence-corrected chi connectivity index (χ1v) is 7.73. The highest BCUT2D eigenvalue weighted by atomic mass is 16.1. The lowest BCUT2D eigenvalue weighted by Crippen LogP contribution is -2.12. The topological polar surface area (TPSA) is 22.0 Å². The van der Waals surface area contributed by atoms with Gasteiger partial charge in [-0.25, -0.2) is 0 Å². The zero-order valence-electron chi connectivity index (χ0n) is 12.3. The average Bonchev–Trinajstić information content (AvgIpc) is 2.98. The number of ketones is 1. The van der Waals surface area contributed by atoms with E-state index in [9.17, 15) is 4.79 Å². The van der Waals surface area contributed by atoms with Crippen molar-refractivity contribution < 1.29 is 4.79 Å². The minimum absolute atomic E-state index is 0.273. The number of hydrogen-bond acceptors (Lipinski definition) is 1. The molecule has 108 valence electrons. The number of para-hydroxylation sites is 1. The zero-order valence-corrected chi connectivity index (χ0v) is 12.3. The van der Waals surface area contributed by atoms with E-state index in [1.165, 1.54) is 0 Å². The number of fused-ring (bicyclic) bond motifs is 1. The Labute approximate surface area is 130 Å². The number of hydrogen-bond donors (Lipinski definition) is 0. The molecule has 0 saturated carbocycles. The van der Waals surface area contributed by atoms with Gasteiger partial charge in [-0.15, -0.1) is 0 Å². The van der Waals surface area contributed by atoms with E-state index in [0.29, 0.717) is 6.42 Å². The van der Waals surface area contributed by atoms with E-state index in [2.05, 4.69) is 35.0 Å². The molecule has 0 spiro atoms. The summed E-state index contributed by atoms with van der Waals surface area (Å²) in [7, 11) is 0. The maximum Gasteiger partial charge on any atom is 0.165 e. The van der Waals surface area contributed by atoms with E-state index >= 15 is 0 Å². The first-order chi connectivity index (χ1) is 10.8. The quantitative estimate of drug-likeness (QED) is 0.671. The molecule has 0 amide bonds. The van der Waals surface area contributed by atoms with Crippen molar-refractivity contribution in [1.29, 1.82) is 0 Å². The van der Waals surface area contributed by atoms with Crippen LogP contribution in [0.15, 0.2) is 66.9 Å². The van der Waals surface area contributed by atoms with Crippen molar-refractivity contribution in [1.82, 2.24) is 4.57 Å². The second-order valence-electron chi connectivity index (χ2n) is 5.71. The minimum atomic E-state index is 0.273. The van der Waals surface area contributed by atoms with Crippen molar-refractivity contribution in [2.24, 2.45) is 0 Å². The molecular formula is C20H17NO. The fourth-order valence-electron chi connectivity index (χ4n) is 3.30. The molecule has 1 aromatic heterocycles. The molecule has 22 heavy (non-hydrogen) atoms. The van der Waals surface area contributed by atoms with Crippen LogP contribution in [0.4, 0.5) is 0 Å². The molecule has 0 N–H and O–H groups in total. The molecule has 2 aromatic carbocycles. The first-order valence-electron chi connectivity index (χ1n) is 7.73. The minimum Gasteiger partial charge on any atom is -0.320 e. The highest BCUT2D eigenvalue weighted by molar-refractivity contribution is 6.04. The molecule has 1 heterocycles. The Morgan fingerprint density at radius 3 is 2.23 bits per heavy atom. The van der Waals surface area contributed by atoms with Gasteiger partial charge in [-0.2, -0.15) is 0 Å². The highest BCUT2D eigenvalue weighted by Gasteiger charge is 2.26. The molecule has 0 unspecified atom stereocenters. The van der Waals surface area contributed by atoms with Gasteiger partial charge in [0.2, 0.25) is 0 Å². The molecule has 0 bridgehead atoms. The fourth-order valence-corrected chi connectivity index (χ4v) is 3.30. The van der Waals surface area contributed by atoms with Crippen LogP contribution in [0.5, 0.6) is 0 Å². The standard InChI is InChI=1S/C20H17NO/c22-19-13-7-12-18-20(19)17(15-8-3-1-4-9-15)14-21(18)16-10-5-2-6-11-16/h1-6,8-11,14H,7,12-13H2. The van der Waals surface area contributed by atoms with Crippen molar-refractivity contribution in [3.63, 3.8) is 0 Å². The molecule has 0 fully saturated rings. The SMILES string of the molecule is O=C1CCCc2c1c(-c1ccccc1)cn2-c1ccccc1. The summed E-state index contributed by atoms with van der Waals surface area (Å²) in [5.74, 6) is 0.273. The van der Waals surface area contributed by atoms with Gasteiger partial charge in [-0.3, -0.25) is 4.79 Å². The van der Waals surface area contributed by atoms with E-state index < -0.39 is 0 Å². The number of benzene rings is 2. The van der Waals surface area contributed by atoms with Crippen molar-refractivity contribution >= 4 is 5.78 Å². The van der Waals surface area contributed by atoms with Gasteiger partial charge in [-0.05, 0) is 30.5 Å². The predicted molar refractivity (Wildman–Crippen MR) is 88.5 cm³/mol. The molecule has 3 aromatic rings. The molecule has 4 rings (SSSR count). The van der Waals surface area contributed by atoms with Crippen molar-refractivity contribution in [3.05, 3.63) is 78.1 Å². The van der Waals surface area contributed by atoms with Crippen molar-refractivity contribution in [2.45, 2.75) is 19.3 Å². The first kappa shape index (κ1) is 13.1. The van der Waals surface area contributed by atoms with Gasteiger partial charge >= 0.3 is 0 Å². The Balaban J connectivity index is 1.97. The summed E-state index contributed by atoms with van der Waals surface area (Å²) in [5, 5.41) is 0. The summed E-state index contributed by atoms with van der Waals surface area (Å²) in [4.78, 5) is 12.5. The zero-order chi connectivity index (χ0) is 14.9. The Hall–Kier alpha value is -2.61. The maximum atomic E-state index is 12.5. The molecule has 1 aliphatic rings. The van der Waals surface area contributed by atoms with Gasteiger partial charge in [-0.1, -0.05) is 48.5 Å². The Morgan fingerprint density at radius 2 is 1.50 bits per heavy atom. The van der Waals surface area contributed by atoms with Crippen LogP contribution in [0.2, 0.25) is 0 Å². The monoisotopic (exact) mass is 287 g/mol. The normalized spacial score (nSPS) is 13.9. The van der Waals surface area contributed by atoms with E-state index in [1.807, 2.05) is 36.4 Å². The lowest BCUT2D eigenvalue weighted by atomic mass is 9.91. The van der Waals surface area contributed by atoms with Gasteiger partial charge in [0.25, 0.3) is 0 Å². The average molecular weight is 287 g/mol. The summed E-state index contributed by atoms with van der Waals surface area (Å²) in [5.41, 5.74) is 5.37. The molecule has 0 atom stereocenters. The van der Waals surface area contributed by atoms with Crippen LogP contribution in [-0.2, 0) is 6.42 Å². The van der Waals surface area contributed by atoms with Gasteiger partial charge < -0.3 is 4.57 Å². The Morgan fingerprint density at radius 1 is 0.818 bits per heavy atom. The summed E-state index contributed by atoms with van der Waals surface area (Å²) in [6.45, 7) is 0. The van der Waals surface area contributed by atoms with Crippen molar-refractivity contribution in [2.75, 3.05) is 0 Å². The van der Waals surface area contributed by atoms with Gasteiger partial charge in [0.1, 0.15) is 0 Å². The number of rotatable bonds is 2. The van der Waals surface area contributed by atoms with E-state index in [-0.39, 0.29) is 5.78 Å². The van der Waals surface area contributed by atoms with E-state index in [1.54, 1.807) is 0 Å². The smallest absolute Gasteiger partial charge is 0.165 e. The van der Waals surface area contributed by atoms with Crippen LogP contribution in [0, 0.1) is 0 Å². The number of carbonyl (C=O) groups is 1. The maximum absolute atomic E-state index is 12.5. The summed E-state index contributed by atoms with van der Waals surface area (Å²) in [6.07, 6.45) is 4.68. The van der Waals surface area contributed by atoms with Crippen LogP contribution < -0.4 is 0 Å². The van der Waals surface area contributed by atoms with Crippen molar-refractivity contribution in [3.8, 4) is 16.8 Å². The lowest BCUT2D eigenvalue weighted by molar-refractivity contribution is 0.0973. The molecule has 2 heteroatoms. The third-order valence-electron chi connectivity index (χ3n) is 4.32. The molecule has 0 radical (unpaired) electrons. The number of Topliss-reactive ketones (excluding diaryl/α,β-unsaturated/α-hetero) is 1. The largest absolute Gasteiger partial charge is 0.320 e. The lowest BCUT2D eigenvalue weighted by Gasteiger charge is -2.15. The van der Waals surface area contributed by atoms with Gasteiger partial charge in [0.05, 0.1) is 0 Å². The van der Waals surface area contributed by atoms with Crippen LogP contribution in [0.3, 0.4) is 0 Å². The van der Waals surface area contributed by atoms with Gasteiger partial charge in [0, 0.05) is 35.1 Å². The molecule has 2 nitrogen and oxygen atoms in total. The van der Waals surface area contributed by atoms with Crippen LogP contribution >= 0.6 is 0 Å². The fraction of sp³-hybridized carbons (Fsp3) is 0.150. The molecular weight excluding hydrogens is 270 g/mol. The third kappa shape index (κ3) is 2.08. The Bertz CT molecular complexity index is 816. The summed E-state index contributed by atoms with van der Waals surface area (Å²) >= 11 is 0. The van der Waals surface area contributed by atoms with Gasteiger partial charge in [0.15, 0.2) is 5.78 Å². The number of nitrogens with zero attached hydrogens (tertiary/aromatic N) is 1. The number of aromatic nitrogens is 1. The highest BCUT2D eigenvalue weighted by Crippen LogP contribution is 2.35. The van der Waals surface area contributed by atoms with Crippen LogP contribution in [0.25, 0.3) is 16.8 Å². The van der Waals surface area contributed by atoms with Crippen LogP contribution in [0.1, 0.15) is 28.9 Å². The summed E-state index contributed by atoms with van der Waals surface area (Å²) < 4.78 is 2.19. The second-order valence-corrected chi connectivity index (χ2v) is 5.71. The summed E-state index contributed by atoms with van der Waals surface area (Å²) in [6, 6.07) is 20.5.